The molecule has 0 saturated heterocycles. The van der Waals surface area contributed by atoms with Crippen LogP contribution in [0.4, 0.5) is 0 Å². The zero-order valence-electron chi connectivity index (χ0n) is 10.1. The Bertz CT molecular complexity index is 492. The number of benzene rings is 2. The van der Waals surface area contributed by atoms with E-state index < -0.39 is 5.60 Å². The Morgan fingerprint density at radius 1 is 1.06 bits per heavy atom. The molecule has 0 spiro atoms. The second kappa shape index (κ2) is 5.71. The molecule has 2 nitrogen and oxygen atoms in total. The number of hydrogen-bond acceptors (Lipinski definition) is 2. The van der Waals surface area contributed by atoms with E-state index in [0.29, 0.717) is 0 Å². The van der Waals surface area contributed by atoms with Crippen LogP contribution in [0.5, 0.6) is 5.75 Å². The first-order valence-electron chi connectivity index (χ1n) is 5.74. The van der Waals surface area contributed by atoms with Crippen LogP contribution in [0.2, 0.25) is 0 Å². The highest BCUT2D eigenvalue weighted by molar-refractivity contribution is 14.1. The summed E-state index contributed by atoms with van der Waals surface area (Å²) in [6.07, 6.45) is 0. The Morgan fingerprint density at radius 3 is 2.28 bits per heavy atom. The quantitative estimate of drug-likeness (QED) is 0.851. The molecule has 0 aliphatic carbocycles. The molecule has 0 fully saturated rings. The van der Waals surface area contributed by atoms with E-state index in [0.717, 1.165) is 14.9 Å². The summed E-state index contributed by atoms with van der Waals surface area (Å²) in [7, 11) is 0. The minimum Gasteiger partial charge on any atom is -0.490 e. The van der Waals surface area contributed by atoms with Gasteiger partial charge in [0.15, 0.2) is 0 Å². The van der Waals surface area contributed by atoms with E-state index in [4.69, 9.17) is 4.74 Å². The van der Waals surface area contributed by atoms with E-state index in [1.54, 1.807) is 6.92 Å². The largest absolute Gasteiger partial charge is 0.490 e. The van der Waals surface area contributed by atoms with Gasteiger partial charge in [0.2, 0.25) is 0 Å². The predicted molar refractivity (Wildman–Crippen MR) is 80.7 cm³/mol. The molecule has 1 N–H and O–H groups in total. The van der Waals surface area contributed by atoms with Gasteiger partial charge in [0.05, 0.1) is 0 Å². The molecule has 2 aromatic carbocycles. The summed E-state index contributed by atoms with van der Waals surface area (Å²) in [4.78, 5) is 0. The third kappa shape index (κ3) is 3.46. The molecule has 94 valence electrons. The van der Waals surface area contributed by atoms with Gasteiger partial charge in [0.25, 0.3) is 0 Å². The summed E-state index contributed by atoms with van der Waals surface area (Å²) in [5.74, 6) is 0.770. The summed E-state index contributed by atoms with van der Waals surface area (Å²) in [6.45, 7) is 1.99. The lowest BCUT2D eigenvalue weighted by Gasteiger charge is -2.24. The van der Waals surface area contributed by atoms with Gasteiger partial charge >= 0.3 is 0 Å². The molecule has 0 aliphatic heterocycles. The monoisotopic (exact) mass is 354 g/mol. The van der Waals surface area contributed by atoms with Gasteiger partial charge in [-0.2, -0.15) is 0 Å². The molecule has 0 radical (unpaired) electrons. The van der Waals surface area contributed by atoms with Gasteiger partial charge in [-0.1, -0.05) is 30.3 Å². The van der Waals surface area contributed by atoms with E-state index in [-0.39, 0.29) is 6.61 Å². The van der Waals surface area contributed by atoms with Crippen LogP contribution in [0.25, 0.3) is 0 Å². The van der Waals surface area contributed by atoms with Crippen molar-refractivity contribution in [2.75, 3.05) is 6.61 Å². The van der Waals surface area contributed by atoms with E-state index in [2.05, 4.69) is 22.6 Å². The molecule has 2 aromatic rings. The Hall–Kier alpha value is -1.07. The second-order valence-electron chi connectivity index (χ2n) is 4.38. The molecule has 0 bridgehead atoms. The smallest absolute Gasteiger partial charge is 0.121 e. The van der Waals surface area contributed by atoms with E-state index in [1.807, 2.05) is 54.6 Å². The first-order valence-corrected chi connectivity index (χ1v) is 6.82. The number of ether oxygens (including phenoxy) is 1. The molecule has 0 amide bonds. The number of aliphatic hydroxyl groups is 1. The van der Waals surface area contributed by atoms with Crippen LogP contribution in [-0.2, 0) is 5.60 Å². The fourth-order valence-electron chi connectivity index (χ4n) is 1.64. The van der Waals surface area contributed by atoms with Crippen molar-refractivity contribution in [1.82, 2.24) is 0 Å². The van der Waals surface area contributed by atoms with Crippen molar-refractivity contribution in [3.63, 3.8) is 0 Å². The summed E-state index contributed by atoms with van der Waals surface area (Å²) in [5.41, 5.74) is -0.125. The van der Waals surface area contributed by atoms with Gasteiger partial charge < -0.3 is 9.84 Å². The summed E-state index contributed by atoms with van der Waals surface area (Å²) < 4.78 is 6.79. The fourth-order valence-corrected chi connectivity index (χ4v) is 1.99. The van der Waals surface area contributed by atoms with Gasteiger partial charge in [0, 0.05) is 3.57 Å². The fraction of sp³-hybridized carbons (Fsp3) is 0.200. The lowest BCUT2D eigenvalue weighted by molar-refractivity contribution is 0.00759. The molecule has 3 heteroatoms. The molecule has 0 heterocycles. The topological polar surface area (TPSA) is 29.5 Å². The highest BCUT2D eigenvalue weighted by atomic mass is 127. The normalized spacial score (nSPS) is 13.9. The van der Waals surface area contributed by atoms with Crippen LogP contribution in [0.1, 0.15) is 12.5 Å². The van der Waals surface area contributed by atoms with Crippen molar-refractivity contribution >= 4 is 22.6 Å². The molecule has 18 heavy (non-hydrogen) atoms. The number of halogens is 1. The maximum atomic E-state index is 10.4. The zero-order chi connectivity index (χ0) is 13.0. The Balaban J connectivity index is 2.03. The van der Waals surface area contributed by atoms with E-state index >= 15 is 0 Å². The molecular formula is C15H15IO2. The van der Waals surface area contributed by atoms with Crippen molar-refractivity contribution in [1.29, 1.82) is 0 Å². The Labute approximate surface area is 121 Å². The summed E-state index contributed by atoms with van der Waals surface area (Å²) in [6, 6.07) is 17.3. The molecule has 2 rings (SSSR count). The van der Waals surface area contributed by atoms with Crippen LogP contribution < -0.4 is 4.74 Å². The first kappa shape index (κ1) is 13.4. The van der Waals surface area contributed by atoms with Crippen molar-refractivity contribution in [2.24, 2.45) is 0 Å². The lowest BCUT2D eigenvalue weighted by atomic mass is 9.97. The van der Waals surface area contributed by atoms with Crippen molar-refractivity contribution in [2.45, 2.75) is 12.5 Å². The highest BCUT2D eigenvalue weighted by Crippen LogP contribution is 2.22. The van der Waals surface area contributed by atoms with Gasteiger partial charge in [0.1, 0.15) is 18.0 Å². The zero-order valence-corrected chi connectivity index (χ0v) is 12.3. The highest BCUT2D eigenvalue weighted by Gasteiger charge is 2.23. The van der Waals surface area contributed by atoms with Crippen LogP contribution in [0.15, 0.2) is 54.6 Å². The second-order valence-corrected chi connectivity index (χ2v) is 5.63. The van der Waals surface area contributed by atoms with Crippen LogP contribution >= 0.6 is 22.6 Å². The average Bonchev–Trinajstić information content (AvgIpc) is 2.39. The van der Waals surface area contributed by atoms with Crippen molar-refractivity contribution in [3.8, 4) is 5.75 Å². The standard InChI is InChI=1S/C15H15IO2/c1-15(17,12-5-3-2-4-6-12)11-18-14-9-7-13(16)8-10-14/h2-10,17H,11H2,1H3. The molecule has 0 aromatic heterocycles. The van der Waals surface area contributed by atoms with Gasteiger partial charge in [-0.15, -0.1) is 0 Å². The van der Waals surface area contributed by atoms with Gasteiger partial charge in [-0.05, 0) is 59.3 Å². The predicted octanol–water partition coefficient (Wildman–Crippen LogP) is 3.58. The maximum absolute atomic E-state index is 10.4. The molecule has 1 unspecified atom stereocenters. The van der Waals surface area contributed by atoms with Gasteiger partial charge in [-0.25, -0.2) is 0 Å². The van der Waals surface area contributed by atoms with Crippen molar-refractivity contribution < 1.29 is 9.84 Å². The molecule has 0 saturated carbocycles. The Kier molecular flexibility index (Phi) is 4.24. The molecule has 1 atom stereocenters. The van der Waals surface area contributed by atoms with Crippen LogP contribution in [0.3, 0.4) is 0 Å². The third-order valence-electron chi connectivity index (χ3n) is 2.73. The maximum Gasteiger partial charge on any atom is 0.121 e. The summed E-state index contributed by atoms with van der Waals surface area (Å²) in [5, 5.41) is 10.4. The SMILES string of the molecule is CC(O)(COc1ccc(I)cc1)c1ccccc1. The molecular weight excluding hydrogens is 339 g/mol. The summed E-state index contributed by atoms with van der Waals surface area (Å²) >= 11 is 2.25. The van der Waals surface area contributed by atoms with Crippen LogP contribution in [0, 0.1) is 3.57 Å². The van der Waals surface area contributed by atoms with Crippen molar-refractivity contribution in [3.05, 3.63) is 63.7 Å². The first-order chi connectivity index (χ1) is 8.58. The minimum absolute atomic E-state index is 0.234. The van der Waals surface area contributed by atoms with E-state index in [1.165, 1.54) is 0 Å². The minimum atomic E-state index is -0.982. The number of rotatable bonds is 4. The third-order valence-corrected chi connectivity index (χ3v) is 3.45. The number of hydrogen-bond donors (Lipinski definition) is 1. The van der Waals surface area contributed by atoms with Crippen LogP contribution in [-0.4, -0.2) is 11.7 Å². The van der Waals surface area contributed by atoms with Gasteiger partial charge in [-0.3, -0.25) is 0 Å². The van der Waals surface area contributed by atoms with E-state index in [9.17, 15) is 5.11 Å². The Morgan fingerprint density at radius 2 is 1.67 bits per heavy atom. The average molecular weight is 354 g/mol. The molecule has 0 aliphatic rings. The lowest BCUT2D eigenvalue weighted by Crippen LogP contribution is -2.29.